The first-order chi connectivity index (χ1) is 16.2. The molecule has 0 aromatic heterocycles. The molecule has 8 rings (SSSR count). The molecule has 5 aliphatic heterocycles. The third-order valence-electron chi connectivity index (χ3n) is 9.63. The number of fused-ring (bicyclic) bond motifs is 2. The van der Waals surface area contributed by atoms with Crippen molar-refractivity contribution in [2.24, 2.45) is 11.8 Å². The van der Waals surface area contributed by atoms with Crippen molar-refractivity contribution in [2.45, 2.75) is 43.4 Å². The molecule has 6 aliphatic rings. The van der Waals surface area contributed by atoms with E-state index < -0.39 is 0 Å². The lowest BCUT2D eigenvalue weighted by Crippen LogP contribution is -2.69. The number of carbonyl (C=O) groups is 1. The Morgan fingerprint density at radius 3 is 2.85 bits per heavy atom. The summed E-state index contributed by atoms with van der Waals surface area (Å²) in [4.78, 5) is 19.2. The Bertz CT molecular complexity index is 1260. The van der Waals surface area contributed by atoms with Gasteiger partial charge in [-0.05, 0) is 55.5 Å². The number of rotatable bonds is 1. The maximum Gasteiger partial charge on any atom is 0.257 e. The average Bonchev–Trinajstić information content (AvgIpc) is 3.29. The first-order valence-corrected chi connectivity index (χ1v) is 12.4. The van der Waals surface area contributed by atoms with Crippen molar-refractivity contribution in [3.05, 3.63) is 82.4 Å². The number of piperidine rings is 2. The highest BCUT2D eigenvalue weighted by molar-refractivity contribution is 6.12. The quantitative estimate of drug-likeness (QED) is 0.499. The van der Waals surface area contributed by atoms with Crippen LogP contribution in [0.5, 0.6) is 0 Å². The Labute approximate surface area is 194 Å². The number of ether oxygens (including phenoxy) is 1. The lowest BCUT2D eigenvalue weighted by atomic mass is 9.53. The summed E-state index contributed by atoms with van der Waals surface area (Å²) in [6.07, 6.45) is 6.64. The lowest BCUT2D eigenvalue weighted by molar-refractivity contribution is -0.123. The van der Waals surface area contributed by atoms with Crippen LogP contribution < -0.4 is 4.90 Å². The number of amides is 1. The number of carbonyl (C=O) groups excluding carboxylic acids is 1. The predicted octanol–water partition coefficient (Wildman–Crippen LogP) is 4.09. The van der Waals surface area contributed by atoms with Crippen LogP contribution in [0.4, 0.5) is 5.69 Å². The second-order valence-corrected chi connectivity index (χ2v) is 10.9. The van der Waals surface area contributed by atoms with Crippen molar-refractivity contribution in [3.8, 4) is 0 Å². The number of para-hydroxylation sites is 1. The Morgan fingerprint density at radius 2 is 1.97 bits per heavy atom. The zero-order valence-electron chi connectivity index (χ0n) is 18.9. The third-order valence-corrected chi connectivity index (χ3v) is 9.63. The molecule has 166 valence electrons. The molecule has 5 heterocycles. The molecular weight excluding hydrogens is 408 g/mol. The molecule has 0 unspecified atom stereocenters. The fourth-order valence-electron chi connectivity index (χ4n) is 8.43. The van der Waals surface area contributed by atoms with Gasteiger partial charge < -0.3 is 9.64 Å². The van der Waals surface area contributed by atoms with Crippen LogP contribution in [0.25, 0.3) is 6.08 Å². The summed E-state index contributed by atoms with van der Waals surface area (Å²) in [6, 6.07) is 18.0. The van der Waals surface area contributed by atoms with E-state index in [1.165, 1.54) is 17.5 Å². The smallest absolute Gasteiger partial charge is 0.257 e. The van der Waals surface area contributed by atoms with Gasteiger partial charge in [-0.1, -0.05) is 59.7 Å². The Balaban J connectivity index is 1.38. The highest BCUT2D eigenvalue weighted by atomic mass is 16.5. The minimum atomic E-state index is -0.141. The van der Waals surface area contributed by atoms with E-state index in [-0.39, 0.29) is 23.5 Å². The molecule has 0 N–H and O–H groups in total. The molecule has 6 atom stereocenters. The maximum absolute atomic E-state index is 14.3. The van der Waals surface area contributed by atoms with Gasteiger partial charge >= 0.3 is 0 Å². The second-order valence-electron chi connectivity index (χ2n) is 10.9. The fourth-order valence-corrected chi connectivity index (χ4v) is 8.43. The standard InChI is InChI=1S/C29H28N2O2/c1-17-6-8-18(9-7-17)14-21-26-25-20-15-24-29(11-12-30(24)16-19(20)10-13-33-26)22-4-2-3-5-23(22)31(27(25)29)28(21)32/h2-10,14,20,24-27H,11-13,15-16H2,1H3/b21-14+/t20-,24-,25+,26-,27-,29+/m0/s1. The summed E-state index contributed by atoms with van der Waals surface area (Å²) < 4.78 is 6.59. The van der Waals surface area contributed by atoms with E-state index in [2.05, 4.69) is 77.4 Å². The van der Waals surface area contributed by atoms with Crippen LogP contribution in [-0.2, 0) is 14.9 Å². The zero-order chi connectivity index (χ0) is 21.9. The normalized spacial score (nSPS) is 38.9. The molecule has 4 fully saturated rings. The van der Waals surface area contributed by atoms with Gasteiger partial charge in [0.05, 0.1) is 18.8 Å². The summed E-state index contributed by atoms with van der Waals surface area (Å²) in [5.74, 6) is 0.964. The number of benzene rings is 2. The largest absolute Gasteiger partial charge is 0.369 e. The molecule has 1 spiro atoms. The summed E-state index contributed by atoms with van der Waals surface area (Å²) in [7, 11) is 0. The Morgan fingerprint density at radius 1 is 1.12 bits per heavy atom. The third kappa shape index (κ3) is 2.17. The number of aryl methyl sites for hydroxylation is 1. The van der Waals surface area contributed by atoms with Crippen LogP contribution >= 0.6 is 0 Å². The van der Waals surface area contributed by atoms with Gasteiger partial charge in [-0.3, -0.25) is 9.69 Å². The monoisotopic (exact) mass is 436 g/mol. The average molecular weight is 437 g/mol. The van der Waals surface area contributed by atoms with Gasteiger partial charge in [-0.25, -0.2) is 0 Å². The van der Waals surface area contributed by atoms with Gasteiger partial charge in [-0.2, -0.15) is 0 Å². The van der Waals surface area contributed by atoms with Crippen molar-refractivity contribution >= 4 is 17.7 Å². The Hall–Kier alpha value is -2.69. The topological polar surface area (TPSA) is 32.8 Å². The highest BCUT2D eigenvalue weighted by Gasteiger charge is 2.71. The van der Waals surface area contributed by atoms with Gasteiger partial charge in [0.15, 0.2) is 0 Å². The summed E-state index contributed by atoms with van der Waals surface area (Å²) in [5, 5.41) is 0. The van der Waals surface area contributed by atoms with E-state index in [4.69, 9.17) is 4.74 Å². The lowest BCUT2D eigenvalue weighted by Gasteiger charge is -2.59. The number of anilines is 1. The van der Waals surface area contributed by atoms with Crippen molar-refractivity contribution < 1.29 is 9.53 Å². The van der Waals surface area contributed by atoms with E-state index in [1.54, 1.807) is 5.57 Å². The van der Waals surface area contributed by atoms with Crippen molar-refractivity contribution in [3.63, 3.8) is 0 Å². The molecule has 2 aromatic rings. The fraction of sp³-hybridized carbons (Fsp3) is 0.414. The van der Waals surface area contributed by atoms with Crippen molar-refractivity contribution in [2.75, 3.05) is 24.6 Å². The molecule has 2 bridgehead atoms. The number of nitrogens with zero attached hydrogens (tertiary/aromatic N) is 2. The first-order valence-electron chi connectivity index (χ1n) is 12.4. The predicted molar refractivity (Wildman–Crippen MR) is 128 cm³/mol. The van der Waals surface area contributed by atoms with Crippen LogP contribution in [0.15, 0.2) is 65.8 Å². The number of hydrogen-bond acceptors (Lipinski definition) is 3. The van der Waals surface area contributed by atoms with Gasteiger partial charge in [-0.15, -0.1) is 0 Å². The van der Waals surface area contributed by atoms with Crippen molar-refractivity contribution in [1.29, 1.82) is 0 Å². The molecule has 4 nitrogen and oxygen atoms in total. The maximum atomic E-state index is 14.3. The van der Waals surface area contributed by atoms with Gasteiger partial charge in [0.25, 0.3) is 5.91 Å². The van der Waals surface area contributed by atoms with Gasteiger partial charge in [0.1, 0.15) is 0 Å². The molecule has 2 aromatic carbocycles. The summed E-state index contributed by atoms with van der Waals surface area (Å²) in [5.41, 5.74) is 7.28. The van der Waals surface area contributed by atoms with E-state index in [9.17, 15) is 4.79 Å². The number of hydrogen-bond donors (Lipinski definition) is 0. The molecule has 0 radical (unpaired) electrons. The van der Waals surface area contributed by atoms with Crippen LogP contribution in [0.1, 0.15) is 29.5 Å². The SMILES string of the molecule is Cc1ccc(/C=C2/C(=O)N3c4ccccc4[C@@]45CCN6CC7=CCO[C@@H]2[C@H]([C@H]34)[C@H]7C[C@H]65)cc1. The summed E-state index contributed by atoms with van der Waals surface area (Å²) >= 11 is 0. The molecule has 3 saturated heterocycles. The van der Waals surface area contributed by atoms with Gasteiger partial charge in [0.2, 0.25) is 0 Å². The van der Waals surface area contributed by atoms with Crippen LogP contribution in [0.3, 0.4) is 0 Å². The molecule has 1 aliphatic carbocycles. The molecule has 33 heavy (non-hydrogen) atoms. The zero-order valence-corrected chi connectivity index (χ0v) is 18.9. The highest BCUT2D eigenvalue weighted by Crippen LogP contribution is 2.66. The van der Waals surface area contributed by atoms with E-state index in [0.29, 0.717) is 24.5 Å². The van der Waals surface area contributed by atoms with Crippen molar-refractivity contribution in [1.82, 2.24) is 4.90 Å². The van der Waals surface area contributed by atoms with E-state index >= 15 is 0 Å². The van der Waals surface area contributed by atoms with Gasteiger partial charge in [0, 0.05) is 35.2 Å². The van der Waals surface area contributed by atoms with E-state index in [0.717, 1.165) is 36.3 Å². The Kier molecular flexibility index (Phi) is 3.54. The second kappa shape index (κ2) is 6.25. The first kappa shape index (κ1) is 18.7. The molecule has 1 saturated carbocycles. The molecule has 1 amide bonds. The minimum Gasteiger partial charge on any atom is -0.369 e. The summed E-state index contributed by atoms with van der Waals surface area (Å²) in [6.45, 7) is 4.91. The molecular formula is C29H28N2O2. The van der Waals surface area contributed by atoms with Crippen LogP contribution in [0, 0.1) is 18.8 Å². The van der Waals surface area contributed by atoms with Crippen LogP contribution in [0.2, 0.25) is 0 Å². The van der Waals surface area contributed by atoms with E-state index in [1.807, 2.05) is 0 Å². The minimum absolute atomic E-state index is 0.0420. The van der Waals surface area contributed by atoms with Crippen LogP contribution in [-0.4, -0.2) is 48.7 Å². The molecule has 4 heteroatoms.